The number of hydrogen-bond acceptors (Lipinski definition) is 2. The third-order valence-corrected chi connectivity index (χ3v) is 3.02. The molecule has 4 heteroatoms. The molecule has 1 aromatic rings. The fraction of sp³-hybridized carbons (Fsp3) is 0.417. The predicted molar refractivity (Wildman–Crippen MR) is 65.3 cm³/mol. The predicted octanol–water partition coefficient (Wildman–Crippen LogP) is 3.22. The molecule has 0 fully saturated rings. The Labute approximate surface area is 104 Å². The van der Waals surface area contributed by atoms with E-state index >= 15 is 0 Å². The minimum absolute atomic E-state index is 0.0387. The van der Waals surface area contributed by atoms with Crippen molar-refractivity contribution in [3.63, 3.8) is 0 Å². The molecule has 1 aromatic carbocycles. The Kier molecular flexibility index (Phi) is 5.49. The second-order valence-corrected chi connectivity index (χ2v) is 4.50. The fourth-order valence-corrected chi connectivity index (χ4v) is 1.66. The van der Waals surface area contributed by atoms with Crippen LogP contribution in [-0.2, 0) is 16.1 Å². The van der Waals surface area contributed by atoms with E-state index in [0.717, 1.165) is 10.0 Å². The summed E-state index contributed by atoms with van der Waals surface area (Å²) in [5.41, 5.74) is 1.07. The van der Waals surface area contributed by atoms with E-state index in [4.69, 9.17) is 9.84 Å². The highest BCUT2D eigenvalue weighted by molar-refractivity contribution is 9.10. The molecule has 1 atom stereocenters. The van der Waals surface area contributed by atoms with Gasteiger partial charge in [0.25, 0.3) is 0 Å². The zero-order valence-electron chi connectivity index (χ0n) is 9.15. The van der Waals surface area contributed by atoms with Crippen LogP contribution in [0.1, 0.15) is 25.3 Å². The van der Waals surface area contributed by atoms with Gasteiger partial charge in [-0.3, -0.25) is 4.79 Å². The quantitative estimate of drug-likeness (QED) is 0.873. The van der Waals surface area contributed by atoms with Gasteiger partial charge in [0.05, 0.1) is 12.7 Å². The van der Waals surface area contributed by atoms with E-state index in [-0.39, 0.29) is 12.5 Å². The summed E-state index contributed by atoms with van der Waals surface area (Å²) >= 11 is 3.43. The summed E-state index contributed by atoms with van der Waals surface area (Å²) < 4.78 is 6.58. The van der Waals surface area contributed by atoms with Crippen LogP contribution in [0.4, 0.5) is 0 Å². The molecule has 0 aliphatic heterocycles. The monoisotopic (exact) mass is 286 g/mol. The van der Waals surface area contributed by atoms with Gasteiger partial charge in [-0.25, -0.2) is 0 Å². The minimum atomic E-state index is -0.781. The van der Waals surface area contributed by atoms with E-state index < -0.39 is 5.97 Å². The van der Waals surface area contributed by atoms with Gasteiger partial charge in [0.15, 0.2) is 0 Å². The van der Waals surface area contributed by atoms with Gasteiger partial charge in [-0.2, -0.15) is 0 Å². The van der Waals surface area contributed by atoms with Crippen molar-refractivity contribution >= 4 is 21.9 Å². The molecule has 0 radical (unpaired) electrons. The zero-order valence-corrected chi connectivity index (χ0v) is 10.7. The first-order chi connectivity index (χ1) is 7.59. The van der Waals surface area contributed by atoms with E-state index in [1.54, 1.807) is 0 Å². The van der Waals surface area contributed by atoms with Crippen LogP contribution in [-0.4, -0.2) is 17.2 Å². The number of aliphatic carboxylic acids is 1. The van der Waals surface area contributed by atoms with Gasteiger partial charge in [-0.15, -0.1) is 0 Å². The van der Waals surface area contributed by atoms with Crippen molar-refractivity contribution < 1.29 is 14.6 Å². The Balaban J connectivity index is 2.34. The summed E-state index contributed by atoms with van der Waals surface area (Å²) in [4.78, 5) is 10.4. The van der Waals surface area contributed by atoms with E-state index in [9.17, 15) is 4.79 Å². The fourth-order valence-electron chi connectivity index (χ4n) is 1.26. The SMILES string of the molecule is CC(CCC(=O)O)OCc1ccccc1Br. The number of halogens is 1. The molecular weight excluding hydrogens is 272 g/mol. The molecular formula is C12H15BrO3. The van der Waals surface area contributed by atoms with Crippen LogP contribution in [0.2, 0.25) is 0 Å². The first-order valence-corrected chi connectivity index (χ1v) is 5.95. The molecule has 0 saturated carbocycles. The molecule has 0 spiro atoms. The molecule has 0 bridgehead atoms. The van der Waals surface area contributed by atoms with Gasteiger partial charge in [0.2, 0.25) is 0 Å². The van der Waals surface area contributed by atoms with Gasteiger partial charge < -0.3 is 9.84 Å². The van der Waals surface area contributed by atoms with Crippen LogP contribution in [0.3, 0.4) is 0 Å². The summed E-state index contributed by atoms with van der Waals surface area (Å²) in [6.07, 6.45) is 0.653. The maximum Gasteiger partial charge on any atom is 0.303 e. The number of carboxylic acids is 1. The number of hydrogen-bond donors (Lipinski definition) is 1. The molecule has 0 aliphatic carbocycles. The Bertz CT molecular complexity index is 352. The standard InChI is InChI=1S/C12H15BrO3/c1-9(6-7-12(14)15)16-8-10-4-2-3-5-11(10)13/h2-5,9H,6-8H2,1H3,(H,14,15). The summed E-state index contributed by atoms with van der Waals surface area (Å²) in [5.74, 6) is -0.781. The molecule has 0 aliphatic rings. The van der Waals surface area contributed by atoms with Crippen LogP contribution >= 0.6 is 15.9 Å². The average molecular weight is 287 g/mol. The average Bonchev–Trinajstić information content (AvgIpc) is 2.25. The van der Waals surface area contributed by atoms with Crippen molar-refractivity contribution in [1.82, 2.24) is 0 Å². The van der Waals surface area contributed by atoms with Crippen LogP contribution in [0.5, 0.6) is 0 Å². The maximum atomic E-state index is 10.4. The zero-order chi connectivity index (χ0) is 12.0. The molecule has 3 nitrogen and oxygen atoms in total. The lowest BCUT2D eigenvalue weighted by molar-refractivity contribution is -0.137. The van der Waals surface area contributed by atoms with Gasteiger partial charge in [0.1, 0.15) is 0 Å². The molecule has 0 aromatic heterocycles. The first kappa shape index (κ1) is 13.2. The molecule has 0 saturated heterocycles. The minimum Gasteiger partial charge on any atom is -0.481 e. The van der Waals surface area contributed by atoms with Crippen LogP contribution in [0.15, 0.2) is 28.7 Å². The highest BCUT2D eigenvalue weighted by Crippen LogP contribution is 2.17. The third kappa shape index (κ3) is 4.77. The largest absolute Gasteiger partial charge is 0.481 e. The topological polar surface area (TPSA) is 46.5 Å². The van der Waals surface area contributed by atoms with Gasteiger partial charge in [-0.05, 0) is 25.0 Å². The van der Waals surface area contributed by atoms with Crippen molar-refractivity contribution in [1.29, 1.82) is 0 Å². The summed E-state index contributed by atoms with van der Waals surface area (Å²) in [6.45, 7) is 2.39. The van der Waals surface area contributed by atoms with Crippen LogP contribution in [0.25, 0.3) is 0 Å². The van der Waals surface area contributed by atoms with Gasteiger partial charge >= 0.3 is 5.97 Å². The van der Waals surface area contributed by atoms with Crippen molar-refractivity contribution in [3.8, 4) is 0 Å². The Morgan fingerprint density at radius 2 is 2.19 bits per heavy atom. The lowest BCUT2D eigenvalue weighted by Crippen LogP contribution is -2.10. The van der Waals surface area contributed by atoms with Crippen molar-refractivity contribution in [2.24, 2.45) is 0 Å². The number of benzene rings is 1. The molecule has 1 rings (SSSR count). The Hall–Kier alpha value is -0.870. The second kappa shape index (κ2) is 6.66. The lowest BCUT2D eigenvalue weighted by atomic mass is 10.2. The van der Waals surface area contributed by atoms with Gasteiger partial charge in [0, 0.05) is 10.9 Å². The summed E-state index contributed by atoms with van der Waals surface area (Å²) in [7, 11) is 0. The molecule has 88 valence electrons. The van der Waals surface area contributed by atoms with E-state index in [0.29, 0.717) is 13.0 Å². The summed E-state index contributed by atoms with van der Waals surface area (Å²) in [5, 5.41) is 8.53. The smallest absolute Gasteiger partial charge is 0.303 e. The third-order valence-electron chi connectivity index (χ3n) is 2.25. The Morgan fingerprint density at radius 3 is 2.81 bits per heavy atom. The van der Waals surface area contributed by atoms with Crippen LogP contribution < -0.4 is 0 Å². The van der Waals surface area contributed by atoms with E-state index in [2.05, 4.69) is 15.9 Å². The highest BCUT2D eigenvalue weighted by Gasteiger charge is 2.06. The number of rotatable bonds is 6. The van der Waals surface area contributed by atoms with E-state index in [1.165, 1.54) is 0 Å². The van der Waals surface area contributed by atoms with Crippen LogP contribution in [0, 0.1) is 0 Å². The number of carbonyl (C=O) groups is 1. The molecule has 0 amide bonds. The molecule has 1 unspecified atom stereocenters. The van der Waals surface area contributed by atoms with Crippen molar-refractivity contribution in [3.05, 3.63) is 34.3 Å². The molecule has 1 N–H and O–H groups in total. The van der Waals surface area contributed by atoms with Crippen molar-refractivity contribution in [2.45, 2.75) is 32.5 Å². The van der Waals surface area contributed by atoms with Gasteiger partial charge in [-0.1, -0.05) is 34.1 Å². The molecule has 0 heterocycles. The molecule has 16 heavy (non-hydrogen) atoms. The summed E-state index contributed by atoms with van der Waals surface area (Å²) in [6, 6.07) is 7.83. The Morgan fingerprint density at radius 1 is 1.50 bits per heavy atom. The van der Waals surface area contributed by atoms with E-state index in [1.807, 2.05) is 31.2 Å². The lowest BCUT2D eigenvalue weighted by Gasteiger charge is -2.12. The second-order valence-electron chi connectivity index (χ2n) is 3.65. The first-order valence-electron chi connectivity index (χ1n) is 5.16. The van der Waals surface area contributed by atoms with Crippen molar-refractivity contribution in [2.75, 3.05) is 0 Å². The number of carboxylic acid groups (broad SMARTS) is 1. The maximum absolute atomic E-state index is 10.4. The normalized spacial score (nSPS) is 12.4. The highest BCUT2D eigenvalue weighted by atomic mass is 79.9. The number of ether oxygens (including phenoxy) is 1.